The molecule has 1 fully saturated rings. The Morgan fingerprint density at radius 3 is 2.03 bits per heavy atom. The highest BCUT2D eigenvalue weighted by Gasteiger charge is 2.33. The second-order valence-corrected chi connectivity index (χ2v) is 7.17. The minimum Gasteiger partial charge on any atom is -0.493 e. The van der Waals surface area contributed by atoms with Gasteiger partial charge in [0.2, 0.25) is 11.7 Å². The maximum absolute atomic E-state index is 12.5. The highest BCUT2D eigenvalue weighted by molar-refractivity contribution is 5.94. The molecule has 1 aliphatic rings. The number of amides is 1. The van der Waals surface area contributed by atoms with Crippen LogP contribution in [0, 0.1) is 5.92 Å². The summed E-state index contributed by atoms with van der Waals surface area (Å²) in [6, 6.07) is 2.51. The first-order chi connectivity index (χ1) is 14.7. The van der Waals surface area contributed by atoms with Gasteiger partial charge in [0.1, 0.15) is 0 Å². The van der Waals surface area contributed by atoms with Crippen molar-refractivity contribution in [2.24, 2.45) is 11.7 Å². The average Bonchev–Trinajstić information content (AvgIpc) is 2.76. The summed E-state index contributed by atoms with van der Waals surface area (Å²) in [5.41, 5.74) is 6.71. The molecule has 0 radical (unpaired) electrons. The lowest BCUT2D eigenvalue weighted by atomic mass is 9.99. The number of carboxylic acid groups (broad SMARTS) is 2. The van der Waals surface area contributed by atoms with Crippen LogP contribution in [-0.4, -0.2) is 91.4 Å². The molecule has 11 nitrogen and oxygen atoms in total. The standard InChI is InChI=1S/C20H29N3O8/c1-29-15-5-4-12(16(30-2)17(15)31-3)11-22-6-8-23(9-7-22)18(24)14(21)10-13(19(25)26)20(27)28/h4-5,13-14H,6-11,21H2,1-3H3,(H,25,26)(H,27,28). The summed E-state index contributed by atoms with van der Waals surface area (Å²) < 4.78 is 16.2. The number of piperazine rings is 1. The SMILES string of the molecule is COc1ccc(CN2CCN(C(=O)C(N)CC(C(=O)O)C(=O)O)CC2)c(OC)c1OC. The van der Waals surface area contributed by atoms with Crippen LogP contribution in [0.4, 0.5) is 0 Å². The van der Waals surface area contributed by atoms with Crippen LogP contribution >= 0.6 is 0 Å². The van der Waals surface area contributed by atoms with Gasteiger partial charge in [-0.2, -0.15) is 0 Å². The minimum absolute atomic E-state index is 0.396. The maximum atomic E-state index is 12.5. The molecule has 1 aromatic rings. The molecule has 1 atom stereocenters. The van der Waals surface area contributed by atoms with Gasteiger partial charge in [-0.3, -0.25) is 19.3 Å². The molecule has 31 heavy (non-hydrogen) atoms. The van der Waals surface area contributed by atoms with Crippen LogP contribution in [-0.2, 0) is 20.9 Å². The number of benzene rings is 1. The topological polar surface area (TPSA) is 152 Å². The van der Waals surface area contributed by atoms with Crippen molar-refractivity contribution >= 4 is 17.8 Å². The molecule has 1 amide bonds. The molecule has 11 heteroatoms. The number of nitrogens with two attached hydrogens (primary N) is 1. The number of carbonyl (C=O) groups is 3. The van der Waals surface area contributed by atoms with Gasteiger partial charge in [0.25, 0.3) is 0 Å². The fourth-order valence-corrected chi connectivity index (χ4v) is 3.55. The number of nitrogens with zero attached hydrogens (tertiary/aromatic N) is 2. The molecule has 1 aliphatic heterocycles. The normalized spacial score (nSPS) is 15.5. The lowest BCUT2D eigenvalue weighted by Crippen LogP contribution is -2.53. The third-order valence-corrected chi connectivity index (χ3v) is 5.27. The predicted molar refractivity (Wildman–Crippen MR) is 109 cm³/mol. The van der Waals surface area contributed by atoms with Gasteiger partial charge in [0, 0.05) is 38.3 Å². The Labute approximate surface area is 180 Å². The zero-order valence-corrected chi connectivity index (χ0v) is 17.9. The average molecular weight is 439 g/mol. The lowest BCUT2D eigenvalue weighted by Gasteiger charge is -2.36. The predicted octanol–water partition coefficient (Wildman–Crippen LogP) is -0.141. The van der Waals surface area contributed by atoms with Crippen LogP contribution < -0.4 is 19.9 Å². The largest absolute Gasteiger partial charge is 0.493 e. The highest BCUT2D eigenvalue weighted by Crippen LogP contribution is 2.40. The summed E-state index contributed by atoms with van der Waals surface area (Å²) in [5.74, 6) is -3.53. The summed E-state index contributed by atoms with van der Waals surface area (Å²) in [6.07, 6.45) is -0.452. The zero-order valence-electron chi connectivity index (χ0n) is 17.9. The van der Waals surface area contributed by atoms with E-state index in [0.29, 0.717) is 50.0 Å². The number of carboxylic acids is 2. The van der Waals surface area contributed by atoms with Gasteiger partial charge in [-0.05, 0) is 12.5 Å². The molecule has 2 rings (SSSR count). The maximum Gasteiger partial charge on any atom is 0.317 e. The van der Waals surface area contributed by atoms with E-state index in [1.54, 1.807) is 20.3 Å². The van der Waals surface area contributed by atoms with Crippen molar-refractivity contribution < 1.29 is 38.8 Å². The van der Waals surface area contributed by atoms with Crippen LogP contribution in [0.5, 0.6) is 17.2 Å². The molecule has 172 valence electrons. The van der Waals surface area contributed by atoms with Gasteiger partial charge in [0.05, 0.1) is 27.4 Å². The third kappa shape index (κ3) is 5.76. The van der Waals surface area contributed by atoms with Crippen molar-refractivity contribution in [3.63, 3.8) is 0 Å². The zero-order chi connectivity index (χ0) is 23.1. The number of hydrogen-bond donors (Lipinski definition) is 3. The molecule has 0 saturated carbocycles. The van der Waals surface area contributed by atoms with Crippen molar-refractivity contribution in [2.45, 2.75) is 19.0 Å². The monoisotopic (exact) mass is 439 g/mol. The Morgan fingerprint density at radius 1 is 0.968 bits per heavy atom. The van der Waals surface area contributed by atoms with Crippen molar-refractivity contribution in [2.75, 3.05) is 47.5 Å². The number of carbonyl (C=O) groups excluding carboxylic acids is 1. The minimum atomic E-state index is -1.71. The van der Waals surface area contributed by atoms with Gasteiger partial charge in [-0.1, -0.05) is 6.07 Å². The quantitative estimate of drug-likeness (QED) is 0.420. The Hall–Kier alpha value is -3.05. The van der Waals surface area contributed by atoms with Crippen LogP contribution in [0.3, 0.4) is 0 Å². The molecule has 0 aromatic heterocycles. The molecule has 1 aromatic carbocycles. The van der Waals surface area contributed by atoms with Crippen molar-refractivity contribution in [1.29, 1.82) is 0 Å². The van der Waals surface area contributed by atoms with E-state index in [2.05, 4.69) is 4.90 Å². The number of rotatable bonds is 10. The molecular formula is C20H29N3O8. The smallest absolute Gasteiger partial charge is 0.317 e. The van der Waals surface area contributed by atoms with Gasteiger partial charge in [-0.15, -0.1) is 0 Å². The van der Waals surface area contributed by atoms with Crippen molar-refractivity contribution in [1.82, 2.24) is 9.80 Å². The Morgan fingerprint density at radius 2 is 1.55 bits per heavy atom. The third-order valence-electron chi connectivity index (χ3n) is 5.27. The van der Waals surface area contributed by atoms with E-state index in [1.165, 1.54) is 12.0 Å². The van der Waals surface area contributed by atoms with Crippen molar-refractivity contribution in [3.8, 4) is 17.2 Å². The summed E-state index contributed by atoms with van der Waals surface area (Å²) in [7, 11) is 4.64. The molecule has 1 heterocycles. The number of ether oxygens (including phenoxy) is 3. The highest BCUT2D eigenvalue weighted by atomic mass is 16.5. The molecule has 1 unspecified atom stereocenters. The molecule has 0 aliphatic carbocycles. The summed E-state index contributed by atoms with van der Waals surface area (Å²) in [6.45, 7) is 2.49. The van der Waals surface area contributed by atoms with Crippen molar-refractivity contribution in [3.05, 3.63) is 17.7 Å². The van der Waals surface area contributed by atoms with Crippen LogP contribution in [0.25, 0.3) is 0 Å². The fourth-order valence-electron chi connectivity index (χ4n) is 3.55. The Bertz CT molecular complexity index is 794. The van der Waals surface area contributed by atoms with E-state index in [9.17, 15) is 14.4 Å². The van der Waals surface area contributed by atoms with E-state index in [4.69, 9.17) is 30.2 Å². The Kier molecular flexibility index (Phi) is 8.46. The molecule has 0 bridgehead atoms. The summed E-state index contributed by atoms with van der Waals surface area (Å²) in [5, 5.41) is 18.0. The fraction of sp³-hybridized carbons (Fsp3) is 0.550. The Balaban J connectivity index is 1.98. The van der Waals surface area contributed by atoms with E-state index in [1.807, 2.05) is 6.07 Å². The van der Waals surface area contributed by atoms with Crippen LogP contribution in [0.1, 0.15) is 12.0 Å². The first-order valence-electron chi connectivity index (χ1n) is 9.73. The van der Waals surface area contributed by atoms with Gasteiger partial charge in [0.15, 0.2) is 17.4 Å². The summed E-state index contributed by atoms with van der Waals surface area (Å²) in [4.78, 5) is 38.3. The first-order valence-corrected chi connectivity index (χ1v) is 9.73. The van der Waals surface area contributed by atoms with E-state index < -0.39 is 36.2 Å². The number of aliphatic carboxylic acids is 2. The van der Waals surface area contributed by atoms with E-state index in [-0.39, 0.29) is 0 Å². The van der Waals surface area contributed by atoms with Gasteiger partial charge in [-0.25, -0.2) is 0 Å². The number of methoxy groups -OCH3 is 3. The van der Waals surface area contributed by atoms with Crippen LogP contribution in [0.2, 0.25) is 0 Å². The number of hydrogen-bond acceptors (Lipinski definition) is 8. The van der Waals surface area contributed by atoms with Gasteiger partial charge < -0.3 is 35.1 Å². The second-order valence-electron chi connectivity index (χ2n) is 7.17. The summed E-state index contributed by atoms with van der Waals surface area (Å²) >= 11 is 0. The first kappa shape index (κ1) is 24.2. The second kappa shape index (κ2) is 10.8. The molecule has 4 N–H and O–H groups in total. The van der Waals surface area contributed by atoms with Gasteiger partial charge >= 0.3 is 11.9 Å². The molecular weight excluding hydrogens is 410 g/mol. The van der Waals surface area contributed by atoms with E-state index in [0.717, 1.165) is 5.56 Å². The molecule has 1 saturated heterocycles. The van der Waals surface area contributed by atoms with Crippen LogP contribution in [0.15, 0.2) is 12.1 Å². The molecule has 0 spiro atoms. The van der Waals surface area contributed by atoms with E-state index >= 15 is 0 Å². The lowest BCUT2D eigenvalue weighted by molar-refractivity contribution is -0.155.